The van der Waals surface area contributed by atoms with Crippen LogP contribution in [0.4, 0.5) is 0 Å². The van der Waals surface area contributed by atoms with Crippen molar-refractivity contribution in [1.82, 2.24) is 5.32 Å². The Morgan fingerprint density at radius 2 is 1.43 bits per heavy atom. The molecule has 5 nitrogen and oxygen atoms in total. The Kier molecular flexibility index (Phi) is 7.38. The molecule has 0 unspecified atom stereocenters. The van der Waals surface area contributed by atoms with Gasteiger partial charge < -0.3 is 10.1 Å². The summed E-state index contributed by atoms with van der Waals surface area (Å²) in [4.78, 5) is 12.4. The van der Waals surface area contributed by atoms with Gasteiger partial charge in [-0.2, -0.15) is 0 Å². The molecular weight excluding hydrogens is 398 g/mol. The van der Waals surface area contributed by atoms with Crippen molar-refractivity contribution >= 4 is 15.7 Å². The molecule has 0 saturated heterocycles. The first-order valence-electron chi connectivity index (χ1n) is 9.63. The zero-order chi connectivity index (χ0) is 21.4. The summed E-state index contributed by atoms with van der Waals surface area (Å²) in [7, 11) is -3.09. The second-order valence-electron chi connectivity index (χ2n) is 7.25. The van der Waals surface area contributed by atoms with E-state index in [-0.39, 0.29) is 11.7 Å². The first-order chi connectivity index (χ1) is 14.4. The molecule has 0 radical (unpaired) electrons. The highest BCUT2D eigenvalue weighted by Crippen LogP contribution is 2.11. The Morgan fingerprint density at radius 3 is 2.13 bits per heavy atom. The van der Waals surface area contributed by atoms with Crippen LogP contribution in [0.1, 0.15) is 32.6 Å². The highest BCUT2D eigenvalue weighted by molar-refractivity contribution is 7.89. The summed E-state index contributed by atoms with van der Waals surface area (Å²) in [6.45, 7) is 1.45. The minimum absolute atomic E-state index is 0.0337. The summed E-state index contributed by atoms with van der Waals surface area (Å²) in [6, 6.07) is 24.5. The predicted octanol–water partition coefficient (Wildman–Crippen LogP) is 3.88. The first kappa shape index (κ1) is 21.7. The summed E-state index contributed by atoms with van der Waals surface area (Å²) in [5.74, 6) is -0.236. The lowest BCUT2D eigenvalue weighted by Gasteiger charge is -2.09. The fourth-order valence-electron chi connectivity index (χ4n) is 3.03. The van der Waals surface area contributed by atoms with Gasteiger partial charge in [0.25, 0.3) is 5.91 Å². The smallest absolute Gasteiger partial charge is 0.251 e. The minimum atomic E-state index is -3.09. The Balaban J connectivity index is 1.50. The van der Waals surface area contributed by atoms with Gasteiger partial charge in [0, 0.05) is 18.4 Å². The van der Waals surface area contributed by atoms with Crippen LogP contribution in [-0.2, 0) is 40.1 Å². The van der Waals surface area contributed by atoms with Crippen LogP contribution in [0.25, 0.3) is 0 Å². The zero-order valence-electron chi connectivity index (χ0n) is 16.9. The van der Waals surface area contributed by atoms with E-state index in [9.17, 15) is 13.2 Å². The molecule has 0 saturated carbocycles. The number of carbonyl (C=O) groups excluding carboxylic acids is 1. The molecule has 1 N–H and O–H groups in total. The molecule has 0 spiro atoms. The van der Waals surface area contributed by atoms with Crippen molar-refractivity contribution in [2.45, 2.75) is 25.5 Å². The molecule has 156 valence electrons. The maximum atomic E-state index is 12.4. The second-order valence-corrected chi connectivity index (χ2v) is 9.39. The minimum Gasteiger partial charge on any atom is -0.372 e. The maximum absolute atomic E-state index is 12.4. The Labute approximate surface area is 177 Å². The van der Waals surface area contributed by atoms with Crippen molar-refractivity contribution < 1.29 is 17.9 Å². The van der Waals surface area contributed by atoms with Crippen molar-refractivity contribution in [2.24, 2.45) is 0 Å². The molecule has 3 aromatic rings. The van der Waals surface area contributed by atoms with E-state index < -0.39 is 9.84 Å². The molecule has 3 aromatic carbocycles. The third kappa shape index (κ3) is 7.13. The van der Waals surface area contributed by atoms with Crippen molar-refractivity contribution in [3.63, 3.8) is 0 Å². The van der Waals surface area contributed by atoms with Crippen LogP contribution in [0.15, 0.2) is 78.9 Å². The van der Waals surface area contributed by atoms with Crippen LogP contribution in [0.2, 0.25) is 0 Å². The van der Waals surface area contributed by atoms with E-state index in [2.05, 4.69) is 5.32 Å². The fraction of sp³-hybridized carbons (Fsp3) is 0.208. The summed E-state index contributed by atoms with van der Waals surface area (Å²) < 4.78 is 28.5. The molecule has 0 aromatic heterocycles. The van der Waals surface area contributed by atoms with E-state index >= 15 is 0 Å². The SMILES string of the molecule is CS(=O)(=O)Cc1ccc(C(=O)NCc2cccc(COCc3ccccc3)c2)cc1. The van der Waals surface area contributed by atoms with Crippen LogP contribution in [0, 0.1) is 0 Å². The number of amides is 1. The number of ether oxygens (including phenoxy) is 1. The second kappa shape index (κ2) is 10.2. The van der Waals surface area contributed by atoms with Crippen LogP contribution < -0.4 is 5.32 Å². The number of benzene rings is 3. The lowest BCUT2D eigenvalue weighted by Crippen LogP contribution is -2.22. The van der Waals surface area contributed by atoms with Crippen molar-refractivity contribution in [3.05, 3.63) is 107 Å². The van der Waals surface area contributed by atoms with Gasteiger partial charge in [-0.25, -0.2) is 8.42 Å². The number of rotatable bonds is 9. The average Bonchev–Trinajstić information content (AvgIpc) is 2.72. The van der Waals surface area contributed by atoms with E-state index in [0.717, 1.165) is 16.7 Å². The quantitative estimate of drug-likeness (QED) is 0.567. The van der Waals surface area contributed by atoms with Gasteiger partial charge in [0.05, 0.1) is 19.0 Å². The largest absolute Gasteiger partial charge is 0.372 e. The fourth-order valence-corrected chi connectivity index (χ4v) is 3.83. The molecule has 0 heterocycles. The molecule has 0 aliphatic carbocycles. The van der Waals surface area contributed by atoms with E-state index in [1.807, 2.05) is 54.6 Å². The lowest BCUT2D eigenvalue weighted by molar-refractivity contribution is 0.0951. The third-order valence-corrected chi connectivity index (χ3v) is 5.33. The maximum Gasteiger partial charge on any atom is 0.251 e. The summed E-state index contributed by atoms with van der Waals surface area (Å²) >= 11 is 0. The van der Waals surface area contributed by atoms with Gasteiger partial charge in [-0.3, -0.25) is 4.79 Å². The molecule has 1 amide bonds. The summed E-state index contributed by atoms with van der Waals surface area (Å²) in [5.41, 5.74) is 4.32. The van der Waals surface area contributed by atoms with E-state index in [1.54, 1.807) is 24.3 Å². The van der Waals surface area contributed by atoms with Gasteiger partial charge in [-0.1, -0.05) is 66.7 Å². The normalized spacial score (nSPS) is 11.2. The molecular formula is C24H25NO4S. The monoisotopic (exact) mass is 423 g/mol. The van der Waals surface area contributed by atoms with E-state index in [1.165, 1.54) is 6.26 Å². The Hall–Kier alpha value is -2.96. The van der Waals surface area contributed by atoms with Gasteiger partial charge in [0.1, 0.15) is 0 Å². The standard InChI is InChI=1S/C24H25NO4S/c1-30(27,28)18-20-10-12-23(13-11-20)24(26)25-15-21-8-5-9-22(14-21)17-29-16-19-6-3-2-4-7-19/h2-14H,15-18H2,1H3,(H,25,26). The molecule has 0 aliphatic heterocycles. The first-order valence-corrected chi connectivity index (χ1v) is 11.7. The number of nitrogens with one attached hydrogen (secondary N) is 1. The van der Waals surface area contributed by atoms with Crippen LogP contribution in [0.3, 0.4) is 0 Å². The summed E-state index contributed by atoms with van der Waals surface area (Å²) in [6.07, 6.45) is 1.19. The Bertz CT molecular complexity index is 1080. The zero-order valence-corrected chi connectivity index (χ0v) is 17.7. The molecule has 0 atom stereocenters. The summed E-state index contributed by atoms with van der Waals surface area (Å²) in [5, 5.41) is 2.89. The molecule has 30 heavy (non-hydrogen) atoms. The van der Waals surface area contributed by atoms with E-state index in [4.69, 9.17) is 4.74 Å². The molecule has 0 aliphatic rings. The van der Waals surface area contributed by atoms with Gasteiger partial charge in [-0.15, -0.1) is 0 Å². The van der Waals surface area contributed by atoms with Crippen LogP contribution in [-0.4, -0.2) is 20.6 Å². The highest BCUT2D eigenvalue weighted by atomic mass is 32.2. The van der Waals surface area contributed by atoms with E-state index in [0.29, 0.717) is 30.9 Å². The number of sulfone groups is 1. The number of hydrogen-bond donors (Lipinski definition) is 1. The van der Waals surface area contributed by atoms with Crippen molar-refractivity contribution in [3.8, 4) is 0 Å². The van der Waals surface area contributed by atoms with Gasteiger partial charge in [0.2, 0.25) is 0 Å². The van der Waals surface area contributed by atoms with Crippen molar-refractivity contribution in [2.75, 3.05) is 6.26 Å². The molecule has 3 rings (SSSR count). The van der Waals surface area contributed by atoms with Gasteiger partial charge in [0.15, 0.2) is 9.84 Å². The molecule has 0 bridgehead atoms. The molecule has 0 fully saturated rings. The van der Waals surface area contributed by atoms with Gasteiger partial charge >= 0.3 is 0 Å². The third-order valence-electron chi connectivity index (χ3n) is 4.47. The van der Waals surface area contributed by atoms with Crippen LogP contribution >= 0.6 is 0 Å². The van der Waals surface area contributed by atoms with Gasteiger partial charge in [-0.05, 0) is 34.4 Å². The highest BCUT2D eigenvalue weighted by Gasteiger charge is 2.08. The van der Waals surface area contributed by atoms with Crippen molar-refractivity contribution in [1.29, 1.82) is 0 Å². The topological polar surface area (TPSA) is 72.5 Å². The Morgan fingerprint density at radius 1 is 0.800 bits per heavy atom. The predicted molar refractivity (Wildman–Crippen MR) is 118 cm³/mol. The number of carbonyl (C=O) groups is 1. The number of hydrogen-bond acceptors (Lipinski definition) is 4. The average molecular weight is 424 g/mol. The van der Waals surface area contributed by atoms with Crippen LogP contribution in [0.5, 0.6) is 0 Å². The molecule has 6 heteroatoms. The lowest BCUT2D eigenvalue weighted by atomic mass is 10.1.